The summed E-state index contributed by atoms with van der Waals surface area (Å²) >= 11 is 1.65. The van der Waals surface area contributed by atoms with Crippen molar-refractivity contribution in [3.05, 3.63) is 81.5 Å². The molecule has 0 saturated carbocycles. The third-order valence-corrected chi connectivity index (χ3v) is 5.07. The summed E-state index contributed by atoms with van der Waals surface area (Å²) in [6.45, 7) is 4.05. The highest BCUT2D eigenvalue weighted by Gasteiger charge is 2.16. The van der Waals surface area contributed by atoms with E-state index < -0.39 is 0 Å². The van der Waals surface area contributed by atoms with Gasteiger partial charge >= 0.3 is 0 Å². The number of hydrogen-bond acceptors (Lipinski definition) is 3. The zero-order valence-electron chi connectivity index (χ0n) is 13.5. The van der Waals surface area contributed by atoms with Gasteiger partial charge in [-0.05, 0) is 49.7 Å². The molecule has 0 unspecified atom stereocenters. The van der Waals surface area contributed by atoms with Gasteiger partial charge in [0, 0.05) is 4.88 Å². The van der Waals surface area contributed by atoms with Crippen molar-refractivity contribution in [1.82, 2.24) is 9.55 Å². The number of nitrogens with zero attached hydrogens (tertiary/aromatic N) is 2. The Bertz CT molecular complexity index is 1090. The summed E-state index contributed by atoms with van der Waals surface area (Å²) in [5, 5.41) is 0.649. The van der Waals surface area contributed by atoms with E-state index in [0.29, 0.717) is 11.2 Å². The number of aromatic nitrogens is 2. The van der Waals surface area contributed by atoms with E-state index >= 15 is 0 Å². The van der Waals surface area contributed by atoms with Crippen LogP contribution < -0.4 is 5.56 Å². The molecule has 0 atom stereocenters. The first-order chi connectivity index (χ1) is 11.6. The van der Waals surface area contributed by atoms with Gasteiger partial charge in [0.25, 0.3) is 5.56 Å². The van der Waals surface area contributed by atoms with Crippen molar-refractivity contribution in [2.75, 3.05) is 0 Å². The lowest BCUT2D eigenvalue weighted by atomic mass is 10.1. The van der Waals surface area contributed by atoms with Crippen LogP contribution >= 0.6 is 11.3 Å². The highest BCUT2D eigenvalue weighted by molar-refractivity contribution is 7.15. The third kappa shape index (κ3) is 2.36. The van der Waals surface area contributed by atoms with E-state index in [4.69, 9.17) is 4.98 Å². The number of aryl methyl sites for hydroxylation is 2. The van der Waals surface area contributed by atoms with Gasteiger partial charge in [-0.25, -0.2) is 4.98 Å². The smallest absolute Gasteiger partial charge is 0.266 e. The maximum Gasteiger partial charge on any atom is 0.266 e. The van der Waals surface area contributed by atoms with Crippen LogP contribution in [0.3, 0.4) is 0 Å². The molecule has 118 valence electrons. The van der Waals surface area contributed by atoms with Crippen molar-refractivity contribution >= 4 is 22.2 Å². The van der Waals surface area contributed by atoms with Gasteiger partial charge in [0.05, 0.1) is 21.5 Å². The van der Waals surface area contributed by atoms with E-state index in [-0.39, 0.29) is 5.56 Å². The fraction of sp³-hybridized carbons (Fsp3) is 0.100. The summed E-state index contributed by atoms with van der Waals surface area (Å²) in [6.07, 6.45) is 0. The fourth-order valence-corrected chi connectivity index (χ4v) is 3.74. The molecular weight excluding hydrogens is 316 g/mol. The molecule has 0 aliphatic heterocycles. The zero-order chi connectivity index (χ0) is 16.7. The molecule has 4 heteroatoms. The normalized spacial score (nSPS) is 11.1. The molecule has 4 rings (SSSR count). The van der Waals surface area contributed by atoms with Crippen LogP contribution in [0.25, 0.3) is 27.3 Å². The average Bonchev–Trinajstić information content (AvgIpc) is 3.03. The third-order valence-electron chi connectivity index (χ3n) is 4.08. The molecule has 0 spiro atoms. The number of para-hydroxylation sites is 2. The van der Waals surface area contributed by atoms with Gasteiger partial charge in [-0.3, -0.25) is 9.36 Å². The lowest BCUT2D eigenvalue weighted by molar-refractivity contribution is 0.978. The first-order valence-electron chi connectivity index (χ1n) is 7.80. The molecule has 0 amide bonds. The monoisotopic (exact) mass is 332 g/mol. The van der Waals surface area contributed by atoms with Gasteiger partial charge in [-0.2, -0.15) is 0 Å². The van der Waals surface area contributed by atoms with Gasteiger partial charge in [0.1, 0.15) is 0 Å². The minimum absolute atomic E-state index is 0.0315. The van der Waals surface area contributed by atoms with Crippen molar-refractivity contribution in [1.29, 1.82) is 0 Å². The van der Waals surface area contributed by atoms with E-state index in [1.54, 1.807) is 15.9 Å². The summed E-state index contributed by atoms with van der Waals surface area (Å²) in [7, 11) is 0. The lowest BCUT2D eigenvalue weighted by Gasteiger charge is -2.13. The molecule has 24 heavy (non-hydrogen) atoms. The highest BCUT2D eigenvalue weighted by atomic mass is 32.1. The maximum absolute atomic E-state index is 13.2. The predicted molar refractivity (Wildman–Crippen MR) is 100 cm³/mol. The first kappa shape index (κ1) is 14.8. The molecule has 0 bridgehead atoms. The second kappa shape index (κ2) is 5.73. The van der Waals surface area contributed by atoms with E-state index in [9.17, 15) is 4.79 Å². The second-order valence-electron chi connectivity index (χ2n) is 5.79. The topological polar surface area (TPSA) is 34.9 Å². The van der Waals surface area contributed by atoms with Crippen molar-refractivity contribution in [3.8, 4) is 16.4 Å². The molecule has 2 aromatic carbocycles. The van der Waals surface area contributed by atoms with Crippen LogP contribution in [0.1, 0.15) is 10.4 Å². The van der Waals surface area contributed by atoms with Crippen LogP contribution in [0.15, 0.2) is 65.5 Å². The molecule has 0 radical (unpaired) electrons. The van der Waals surface area contributed by atoms with Crippen LogP contribution in [0.4, 0.5) is 0 Å². The summed E-state index contributed by atoms with van der Waals surface area (Å²) in [5.74, 6) is 0.700. The van der Waals surface area contributed by atoms with E-state index in [0.717, 1.165) is 21.6 Å². The molecule has 4 aromatic rings. The standard InChI is InChI=1S/C20H16N2OS/c1-13-7-6-10-16-18(13)21-19(17-12-11-14(2)24-17)22(20(16)23)15-8-4-3-5-9-15/h3-12H,1-2H3. The molecule has 0 aliphatic carbocycles. The fourth-order valence-electron chi connectivity index (χ4n) is 2.89. The molecule has 0 aliphatic rings. The van der Waals surface area contributed by atoms with E-state index in [2.05, 4.69) is 13.0 Å². The quantitative estimate of drug-likeness (QED) is 0.532. The van der Waals surface area contributed by atoms with Gasteiger partial charge in [-0.1, -0.05) is 30.3 Å². The minimum Gasteiger partial charge on any atom is -0.268 e. The largest absolute Gasteiger partial charge is 0.268 e. The Kier molecular flexibility index (Phi) is 3.54. The Balaban J connectivity index is 2.16. The van der Waals surface area contributed by atoms with E-state index in [1.807, 2.05) is 61.5 Å². The lowest BCUT2D eigenvalue weighted by Crippen LogP contribution is -2.22. The Morgan fingerprint density at radius 3 is 2.42 bits per heavy atom. The van der Waals surface area contributed by atoms with Gasteiger partial charge in [0.15, 0.2) is 5.82 Å². The first-order valence-corrected chi connectivity index (χ1v) is 8.61. The highest BCUT2D eigenvalue weighted by Crippen LogP contribution is 2.29. The molecule has 3 nitrogen and oxygen atoms in total. The Morgan fingerprint density at radius 1 is 0.917 bits per heavy atom. The van der Waals surface area contributed by atoms with Gasteiger partial charge in [-0.15, -0.1) is 11.3 Å². The summed E-state index contributed by atoms with van der Waals surface area (Å²) in [4.78, 5) is 20.3. The summed E-state index contributed by atoms with van der Waals surface area (Å²) < 4.78 is 1.72. The molecule has 0 N–H and O–H groups in total. The molecule has 2 heterocycles. The van der Waals surface area contributed by atoms with Crippen LogP contribution in [-0.4, -0.2) is 9.55 Å². The second-order valence-corrected chi connectivity index (χ2v) is 7.08. The number of hydrogen-bond donors (Lipinski definition) is 0. The van der Waals surface area contributed by atoms with Crippen LogP contribution in [0, 0.1) is 13.8 Å². The molecule has 0 fully saturated rings. The minimum atomic E-state index is -0.0315. The zero-order valence-corrected chi connectivity index (χ0v) is 14.3. The van der Waals surface area contributed by atoms with Crippen LogP contribution in [0.5, 0.6) is 0 Å². The molecule has 2 aromatic heterocycles. The SMILES string of the molecule is Cc1ccc(-c2nc3c(C)cccc3c(=O)n2-c2ccccc2)s1. The number of fused-ring (bicyclic) bond motifs is 1. The van der Waals surface area contributed by atoms with Gasteiger partial charge in [0.2, 0.25) is 0 Å². The molecular formula is C20H16N2OS. The van der Waals surface area contributed by atoms with Crippen LogP contribution in [0.2, 0.25) is 0 Å². The van der Waals surface area contributed by atoms with Crippen molar-refractivity contribution in [2.24, 2.45) is 0 Å². The molecule has 0 saturated heterocycles. The Labute approximate surface area is 143 Å². The van der Waals surface area contributed by atoms with Crippen molar-refractivity contribution in [3.63, 3.8) is 0 Å². The number of thiophene rings is 1. The van der Waals surface area contributed by atoms with E-state index in [1.165, 1.54) is 4.88 Å². The average molecular weight is 332 g/mol. The van der Waals surface area contributed by atoms with Gasteiger partial charge < -0.3 is 0 Å². The number of rotatable bonds is 2. The summed E-state index contributed by atoms with van der Waals surface area (Å²) in [5.41, 5.74) is 2.59. The number of benzene rings is 2. The van der Waals surface area contributed by atoms with Crippen LogP contribution in [-0.2, 0) is 0 Å². The van der Waals surface area contributed by atoms with Crippen molar-refractivity contribution < 1.29 is 0 Å². The summed E-state index contributed by atoms with van der Waals surface area (Å²) in [6, 6.07) is 19.5. The Morgan fingerprint density at radius 2 is 1.71 bits per heavy atom. The predicted octanol–water partition coefficient (Wildman–Crippen LogP) is 4.73. The van der Waals surface area contributed by atoms with Crippen molar-refractivity contribution in [2.45, 2.75) is 13.8 Å². The maximum atomic E-state index is 13.2. The Hall–Kier alpha value is -2.72.